The lowest BCUT2D eigenvalue weighted by atomic mass is 9.94. The summed E-state index contributed by atoms with van der Waals surface area (Å²) in [6.07, 6.45) is 0. The van der Waals surface area contributed by atoms with E-state index in [1.807, 2.05) is 6.92 Å². The molecule has 0 amide bonds. The Morgan fingerprint density at radius 1 is 1.29 bits per heavy atom. The molecule has 0 saturated heterocycles. The minimum atomic E-state index is -0.914. The fraction of sp³-hybridized carbons (Fsp3) is 0.385. The van der Waals surface area contributed by atoms with Gasteiger partial charge in [-0.2, -0.15) is 0 Å². The summed E-state index contributed by atoms with van der Waals surface area (Å²) in [7, 11) is 1.27. The molecular weight excluding hydrogens is 220 g/mol. The van der Waals surface area contributed by atoms with Crippen LogP contribution in [0.2, 0.25) is 0 Å². The summed E-state index contributed by atoms with van der Waals surface area (Å²) in [5.41, 5.74) is 0.550. The van der Waals surface area contributed by atoms with E-state index in [1.54, 1.807) is 24.3 Å². The molecule has 0 aliphatic rings. The average Bonchev–Trinajstić information content (AvgIpc) is 2.31. The second-order valence-corrected chi connectivity index (χ2v) is 3.54. The summed E-state index contributed by atoms with van der Waals surface area (Å²) in [6, 6.07) is 6.99. The Hall–Kier alpha value is -1.84. The van der Waals surface area contributed by atoms with Gasteiger partial charge in [-0.15, -0.1) is 0 Å². The van der Waals surface area contributed by atoms with E-state index in [9.17, 15) is 9.59 Å². The molecule has 1 aromatic rings. The Kier molecular flexibility index (Phi) is 4.69. The first-order valence-corrected chi connectivity index (χ1v) is 5.41. The smallest absolute Gasteiger partial charge is 0.320 e. The van der Waals surface area contributed by atoms with Crippen LogP contribution in [0.15, 0.2) is 24.3 Å². The monoisotopic (exact) mass is 236 g/mol. The highest BCUT2D eigenvalue weighted by Crippen LogP contribution is 2.28. The first-order chi connectivity index (χ1) is 8.11. The molecule has 0 fully saturated rings. The Morgan fingerprint density at radius 3 is 2.47 bits per heavy atom. The van der Waals surface area contributed by atoms with Crippen molar-refractivity contribution in [3.63, 3.8) is 0 Å². The van der Waals surface area contributed by atoms with E-state index in [4.69, 9.17) is 4.74 Å². The van der Waals surface area contributed by atoms with Gasteiger partial charge in [0.15, 0.2) is 0 Å². The highest BCUT2D eigenvalue weighted by Gasteiger charge is 2.28. The summed E-state index contributed by atoms with van der Waals surface area (Å²) in [5.74, 6) is -1.20. The minimum Gasteiger partial charge on any atom is -0.494 e. The highest BCUT2D eigenvalue weighted by atomic mass is 16.5. The van der Waals surface area contributed by atoms with Crippen LogP contribution in [-0.4, -0.2) is 25.5 Å². The van der Waals surface area contributed by atoms with Gasteiger partial charge in [-0.1, -0.05) is 18.2 Å². The topological polar surface area (TPSA) is 52.6 Å². The second kappa shape index (κ2) is 6.03. The normalized spacial score (nSPS) is 11.7. The second-order valence-electron chi connectivity index (χ2n) is 3.54. The zero-order chi connectivity index (χ0) is 12.8. The van der Waals surface area contributed by atoms with E-state index in [0.717, 1.165) is 0 Å². The number of ketones is 1. The molecule has 0 aromatic heterocycles. The van der Waals surface area contributed by atoms with Gasteiger partial charge in [-0.3, -0.25) is 9.59 Å². The third-order valence-corrected chi connectivity index (χ3v) is 2.37. The molecule has 4 nitrogen and oxygen atoms in total. The van der Waals surface area contributed by atoms with Gasteiger partial charge in [0.25, 0.3) is 0 Å². The summed E-state index contributed by atoms with van der Waals surface area (Å²) < 4.78 is 10.0. The van der Waals surface area contributed by atoms with Crippen molar-refractivity contribution >= 4 is 11.8 Å². The third-order valence-electron chi connectivity index (χ3n) is 2.37. The van der Waals surface area contributed by atoms with Gasteiger partial charge in [0, 0.05) is 5.56 Å². The number of benzene rings is 1. The van der Waals surface area contributed by atoms with Crippen molar-refractivity contribution in [3.8, 4) is 5.75 Å². The molecule has 0 N–H and O–H groups in total. The minimum absolute atomic E-state index is 0.260. The van der Waals surface area contributed by atoms with E-state index < -0.39 is 11.9 Å². The number of hydrogen-bond acceptors (Lipinski definition) is 4. The molecule has 0 heterocycles. The highest BCUT2D eigenvalue weighted by molar-refractivity contribution is 6.03. The van der Waals surface area contributed by atoms with Crippen LogP contribution in [-0.2, 0) is 14.3 Å². The summed E-state index contributed by atoms with van der Waals surface area (Å²) in [4.78, 5) is 23.2. The van der Waals surface area contributed by atoms with Gasteiger partial charge in [-0.05, 0) is 19.9 Å². The molecule has 1 aromatic carbocycles. The van der Waals surface area contributed by atoms with Crippen LogP contribution in [0, 0.1) is 0 Å². The van der Waals surface area contributed by atoms with Gasteiger partial charge in [-0.25, -0.2) is 0 Å². The maximum atomic E-state index is 11.6. The fourth-order valence-electron chi connectivity index (χ4n) is 1.64. The van der Waals surface area contributed by atoms with Gasteiger partial charge in [0.05, 0.1) is 13.7 Å². The molecule has 1 atom stereocenters. The Labute approximate surface area is 101 Å². The van der Waals surface area contributed by atoms with Crippen LogP contribution in [0.4, 0.5) is 0 Å². The van der Waals surface area contributed by atoms with E-state index in [-0.39, 0.29) is 5.78 Å². The summed E-state index contributed by atoms with van der Waals surface area (Å²) in [5, 5.41) is 0. The number of esters is 1. The average molecular weight is 236 g/mol. The van der Waals surface area contributed by atoms with Gasteiger partial charge in [0.1, 0.15) is 17.5 Å². The van der Waals surface area contributed by atoms with Crippen LogP contribution in [0.5, 0.6) is 5.75 Å². The van der Waals surface area contributed by atoms with Crippen molar-refractivity contribution in [2.75, 3.05) is 13.7 Å². The fourth-order valence-corrected chi connectivity index (χ4v) is 1.64. The number of para-hydroxylation sites is 1. The maximum Gasteiger partial charge on any atom is 0.320 e. The molecule has 17 heavy (non-hydrogen) atoms. The zero-order valence-corrected chi connectivity index (χ0v) is 10.2. The molecule has 0 aliphatic carbocycles. The molecule has 0 spiro atoms. The number of hydrogen-bond donors (Lipinski definition) is 0. The van der Waals surface area contributed by atoms with Crippen molar-refractivity contribution in [3.05, 3.63) is 29.8 Å². The molecule has 92 valence electrons. The van der Waals surface area contributed by atoms with Crippen LogP contribution in [0.25, 0.3) is 0 Å². The van der Waals surface area contributed by atoms with Crippen molar-refractivity contribution in [2.24, 2.45) is 0 Å². The number of carbonyl (C=O) groups excluding carboxylic acids is 2. The molecule has 1 unspecified atom stereocenters. The van der Waals surface area contributed by atoms with Crippen LogP contribution in [0.1, 0.15) is 25.3 Å². The number of methoxy groups -OCH3 is 1. The van der Waals surface area contributed by atoms with Gasteiger partial charge in [0.2, 0.25) is 0 Å². The Morgan fingerprint density at radius 2 is 1.94 bits per heavy atom. The van der Waals surface area contributed by atoms with Crippen molar-refractivity contribution in [2.45, 2.75) is 19.8 Å². The number of rotatable bonds is 5. The zero-order valence-electron chi connectivity index (χ0n) is 10.2. The lowest BCUT2D eigenvalue weighted by Gasteiger charge is -2.15. The van der Waals surface area contributed by atoms with Crippen LogP contribution in [0.3, 0.4) is 0 Å². The SMILES string of the molecule is CCOc1ccccc1C(C(C)=O)C(=O)OC. The quantitative estimate of drug-likeness (QED) is 0.579. The molecule has 0 aliphatic heterocycles. The number of ether oxygens (including phenoxy) is 2. The number of carbonyl (C=O) groups is 2. The summed E-state index contributed by atoms with van der Waals surface area (Å²) in [6.45, 7) is 3.69. The first kappa shape index (κ1) is 13.2. The number of Topliss-reactive ketones (excluding diaryl/α,β-unsaturated/α-hetero) is 1. The lowest BCUT2D eigenvalue weighted by molar-refractivity contribution is -0.145. The molecule has 0 bridgehead atoms. The largest absolute Gasteiger partial charge is 0.494 e. The molecule has 1 rings (SSSR count). The van der Waals surface area contributed by atoms with Crippen LogP contribution >= 0.6 is 0 Å². The predicted molar refractivity (Wildman–Crippen MR) is 63.0 cm³/mol. The first-order valence-electron chi connectivity index (χ1n) is 5.41. The Bertz CT molecular complexity index is 412. The van der Waals surface area contributed by atoms with Crippen LogP contribution < -0.4 is 4.74 Å². The third kappa shape index (κ3) is 3.06. The van der Waals surface area contributed by atoms with E-state index in [2.05, 4.69) is 4.74 Å². The van der Waals surface area contributed by atoms with E-state index in [1.165, 1.54) is 14.0 Å². The van der Waals surface area contributed by atoms with Crippen molar-refractivity contribution < 1.29 is 19.1 Å². The lowest BCUT2D eigenvalue weighted by Crippen LogP contribution is -2.21. The summed E-state index contributed by atoms with van der Waals surface area (Å²) >= 11 is 0. The van der Waals surface area contributed by atoms with Gasteiger partial charge >= 0.3 is 5.97 Å². The Balaban J connectivity index is 3.18. The molecule has 4 heteroatoms. The van der Waals surface area contributed by atoms with E-state index in [0.29, 0.717) is 17.9 Å². The predicted octanol–water partition coefficient (Wildman–Crippen LogP) is 1.93. The van der Waals surface area contributed by atoms with Gasteiger partial charge < -0.3 is 9.47 Å². The van der Waals surface area contributed by atoms with E-state index >= 15 is 0 Å². The van der Waals surface area contributed by atoms with Crippen molar-refractivity contribution in [1.82, 2.24) is 0 Å². The molecular formula is C13H16O4. The molecule has 0 saturated carbocycles. The maximum absolute atomic E-state index is 11.6. The van der Waals surface area contributed by atoms with Crippen molar-refractivity contribution in [1.29, 1.82) is 0 Å². The molecule has 0 radical (unpaired) electrons. The standard InChI is InChI=1S/C13H16O4/c1-4-17-11-8-6-5-7-10(11)12(9(2)14)13(15)16-3/h5-8,12H,4H2,1-3H3.